The third kappa shape index (κ3) is 6.15. The van der Waals surface area contributed by atoms with Crippen molar-refractivity contribution in [1.29, 1.82) is 0 Å². The molecule has 1 aliphatic heterocycles. The van der Waals surface area contributed by atoms with Gasteiger partial charge in [0.15, 0.2) is 5.75 Å². The van der Waals surface area contributed by atoms with E-state index < -0.39 is 10.0 Å². The number of rotatable bonds is 8. The first-order valence-corrected chi connectivity index (χ1v) is 12.7. The lowest BCUT2D eigenvalue weighted by molar-refractivity contribution is -0.116. The van der Waals surface area contributed by atoms with Crippen LogP contribution in [0.15, 0.2) is 77.7 Å². The van der Waals surface area contributed by atoms with Crippen molar-refractivity contribution >= 4 is 33.2 Å². The maximum absolute atomic E-state index is 12.7. The fourth-order valence-corrected chi connectivity index (χ4v) is 5.12. The molecule has 1 aliphatic rings. The largest absolute Gasteiger partial charge is 0.455 e. The number of aryl methyl sites for hydroxylation is 1. The second-order valence-corrected chi connectivity index (χ2v) is 10.1. The molecule has 4 rings (SSSR count). The quantitative estimate of drug-likeness (QED) is 0.483. The van der Waals surface area contributed by atoms with Gasteiger partial charge in [0.1, 0.15) is 5.75 Å². The van der Waals surface area contributed by atoms with E-state index in [0.29, 0.717) is 54.9 Å². The Labute approximate surface area is 204 Å². The number of morpholine rings is 1. The van der Waals surface area contributed by atoms with Crippen molar-refractivity contribution in [3.63, 3.8) is 0 Å². The van der Waals surface area contributed by atoms with Gasteiger partial charge in [-0.2, -0.15) is 4.31 Å². The van der Waals surface area contributed by atoms with Gasteiger partial charge in [-0.1, -0.05) is 41.9 Å². The molecule has 0 unspecified atom stereocenters. The molecule has 1 saturated heterocycles. The number of nitrogens with one attached hydrogen (secondary N) is 1. The number of nitrogens with zero attached hydrogens (tertiary/aromatic N) is 1. The Morgan fingerprint density at radius 2 is 1.71 bits per heavy atom. The van der Waals surface area contributed by atoms with E-state index in [4.69, 9.17) is 21.1 Å². The summed E-state index contributed by atoms with van der Waals surface area (Å²) in [6.45, 7) is 1.50. The number of carbonyl (C=O) groups is 1. The number of hydrogen-bond acceptors (Lipinski definition) is 5. The van der Waals surface area contributed by atoms with Crippen LogP contribution in [-0.4, -0.2) is 44.9 Å². The van der Waals surface area contributed by atoms with Crippen LogP contribution < -0.4 is 10.1 Å². The third-order valence-corrected chi connectivity index (χ3v) is 7.51. The summed E-state index contributed by atoms with van der Waals surface area (Å²) in [6.07, 6.45) is 0.673. The predicted octanol–water partition coefficient (Wildman–Crippen LogP) is 4.72. The van der Waals surface area contributed by atoms with Crippen LogP contribution in [-0.2, 0) is 26.0 Å². The molecule has 1 N–H and O–H groups in total. The van der Waals surface area contributed by atoms with Crippen molar-refractivity contribution in [2.75, 3.05) is 31.6 Å². The molecule has 0 atom stereocenters. The predicted molar refractivity (Wildman–Crippen MR) is 131 cm³/mol. The molecule has 0 bridgehead atoms. The van der Waals surface area contributed by atoms with Crippen LogP contribution in [0.3, 0.4) is 0 Å². The summed E-state index contributed by atoms with van der Waals surface area (Å²) < 4.78 is 38.0. The standard InChI is InChI=1S/C25H25ClN2O5S/c26-20-9-12-24(33-21-4-2-1-3-5-21)23(18-20)27-25(29)13-8-19-6-10-22(11-7-19)34(30,31)28-14-16-32-17-15-28/h1-7,9-12,18H,8,13-17H2,(H,27,29). The summed E-state index contributed by atoms with van der Waals surface area (Å²) in [5, 5.41) is 3.34. The fourth-order valence-electron chi connectivity index (χ4n) is 3.54. The van der Waals surface area contributed by atoms with Gasteiger partial charge < -0.3 is 14.8 Å². The van der Waals surface area contributed by atoms with Gasteiger partial charge in [-0.25, -0.2) is 8.42 Å². The van der Waals surface area contributed by atoms with Crippen molar-refractivity contribution in [3.05, 3.63) is 83.4 Å². The number of sulfonamides is 1. The number of ether oxygens (including phenoxy) is 2. The molecular weight excluding hydrogens is 476 g/mol. The SMILES string of the molecule is O=C(CCc1ccc(S(=O)(=O)N2CCOCC2)cc1)Nc1cc(Cl)ccc1Oc1ccccc1. The summed E-state index contributed by atoms with van der Waals surface area (Å²) in [5.74, 6) is 0.930. The lowest BCUT2D eigenvalue weighted by Gasteiger charge is -2.26. The summed E-state index contributed by atoms with van der Waals surface area (Å²) in [6, 6.07) is 21.0. The topological polar surface area (TPSA) is 84.9 Å². The van der Waals surface area contributed by atoms with Crippen LogP contribution in [0.2, 0.25) is 5.02 Å². The second kappa shape index (κ2) is 11.0. The van der Waals surface area contributed by atoms with Crippen molar-refractivity contribution in [3.8, 4) is 11.5 Å². The van der Waals surface area contributed by atoms with E-state index >= 15 is 0 Å². The molecule has 0 radical (unpaired) electrons. The van der Waals surface area contributed by atoms with E-state index in [1.807, 2.05) is 30.3 Å². The number of benzene rings is 3. The van der Waals surface area contributed by atoms with E-state index in [2.05, 4.69) is 5.32 Å². The van der Waals surface area contributed by atoms with Crippen LogP contribution in [0.1, 0.15) is 12.0 Å². The molecule has 34 heavy (non-hydrogen) atoms. The van der Waals surface area contributed by atoms with Crippen LogP contribution in [0, 0.1) is 0 Å². The summed E-state index contributed by atoms with van der Waals surface area (Å²) in [4.78, 5) is 12.9. The zero-order valence-electron chi connectivity index (χ0n) is 18.4. The number of para-hydroxylation sites is 1. The van der Waals surface area contributed by atoms with Gasteiger partial charge in [0.25, 0.3) is 0 Å². The maximum atomic E-state index is 12.7. The van der Waals surface area contributed by atoms with Gasteiger partial charge in [-0.15, -0.1) is 0 Å². The highest BCUT2D eigenvalue weighted by Crippen LogP contribution is 2.32. The first-order valence-electron chi connectivity index (χ1n) is 10.9. The van der Waals surface area contributed by atoms with E-state index in [9.17, 15) is 13.2 Å². The molecule has 0 aromatic heterocycles. The lowest BCUT2D eigenvalue weighted by atomic mass is 10.1. The smallest absolute Gasteiger partial charge is 0.243 e. The minimum atomic E-state index is -3.54. The zero-order valence-corrected chi connectivity index (χ0v) is 20.0. The van der Waals surface area contributed by atoms with Crippen LogP contribution >= 0.6 is 11.6 Å². The Morgan fingerprint density at radius 1 is 1.00 bits per heavy atom. The van der Waals surface area contributed by atoms with Gasteiger partial charge in [-0.05, 0) is 54.4 Å². The molecule has 1 heterocycles. The Hall–Kier alpha value is -2.91. The minimum Gasteiger partial charge on any atom is -0.455 e. The highest BCUT2D eigenvalue weighted by atomic mass is 35.5. The van der Waals surface area contributed by atoms with Gasteiger partial charge >= 0.3 is 0 Å². The van der Waals surface area contributed by atoms with Crippen LogP contribution in [0.4, 0.5) is 5.69 Å². The van der Waals surface area contributed by atoms with Gasteiger partial charge in [0.2, 0.25) is 15.9 Å². The number of halogens is 1. The maximum Gasteiger partial charge on any atom is 0.243 e. The molecule has 3 aromatic rings. The molecule has 0 saturated carbocycles. The minimum absolute atomic E-state index is 0.204. The molecule has 0 aliphatic carbocycles. The lowest BCUT2D eigenvalue weighted by Crippen LogP contribution is -2.40. The molecule has 9 heteroatoms. The average molecular weight is 501 g/mol. The second-order valence-electron chi connectivity index (χ2n) is 7.76. The third-order valence-electron chi connectivity index (χ3n) is 5.36. The van der Waals surface area contributed by atoms with Crippen LogP contribution in [0.25, 0.3) is 0 Å². The van der Waals surface area contributed by atoms with E-state index in [1.54, 1.807) is 42.5 Å². The highest BCUT2D eigenvalue weighted by molar-refractivity contribution is 7.89. The Kier molecular flexibility index (Phi) is 7.84. The summed E-state index contributed by atoms with van der Waals surface area (Å²) >= 11 is 6.12. The fraction of sp³-hybridized carbons (Fsp3) is 0.240. The van der Waals surface area contributed by atoms with Crippen molar-refractivity contribution in [2.24, 2.45) is 0 Å². The first kappa shape index (κ1) is 24.2. The molecule has 1 amide bonds. The Balaban J connectivity index is 1.37. The van der Waals surface area contributed by atoms with E-state index in [-0.39, 0.29) is 17.2 Å². The summed E-state index contributed by atoms with van der Waals surface area (Å²) in [7, 11) is -3.54. The van der Waals surface area contributed by atoms with E-state index in [1.165, 1.54) is 4.31 Å². The monoisotopic (exact) mass is 500 g/mol. The van der Waals surface area contributed by atoms with Crippen LogP contribution in [0.5, 0.6) is 11.5 Å². The van der Waals surface area contributed by atoms with Crippen molar-refractivity contribution < 1.29 is 22.7 Å². The summed E-state index contributed by atoms with van der Waals surface area (Å²) in [5.41, 5.74) is 1.34. The number of carbonyl (C=O) groups excluding carboxylic acids is 1. The number of hydrogen-bond donors (Lipinski definition) is 1. The molecule has 7 nitrogen and oxygen atoms in total. The Bertz CT molecular complexity index is 1230. The zero-order chi connectivity index (χ0) is 24.0. The molecule has 0 spiro atoms. The number of amides is 1. The number of anilines is 1. The average Bonchev–Trinajstić information content (AvgIpc) is 2.86. The van der Waals surface area contributed by atoms with Crippen molar-refractivity contribution in [1.82, 2.24) is 4.31 Å². The van der Waals surface area contributed by atoms with Gasteiger partial charge in [-0.3, -0.25) is 4.79 Å². The normalized spacial score (nSPS) is 14.5. The van der Waals surface area contributed by atoms with Crippen molar-refractivity contribution in [2.45, 2.75) is 17.7 Å². The molecule has 178 valence electrons. The molecular formula is C25H25ClN2O5S. The van der Waals surface area contributed by atoms with Gasteiger partial charge in [0, 0.05) is 24.5 Å². The molecule has 1 fully saturated rings. The Morgan fingerprint density at radius 3 is 2.41 bits per heavy atom. The van der Waals surface area contributed by atoms with E-state index in [0.717, 1.165) is 5.56 Å². The first-order chi connectivity index (χ1) is 16.4. The van der Waals surface area contributed by atoms with Gasteiger partial charge in [0.05, 0.1) is 23.8 Å². The molecule has 3 aromatic carbocycles. The highest BCUT2D eigenvalue weighted by Gasteiger charge is 2.26.